The van der Waals surface area contributed by atoms with Gasteiger partial charge in [0.15, 0.2) is 29.3 Å². The molecule has 1 aliphatic rings. The molecule has 41 heavy (non-hydrogen) atoms. The van der Waals surface area contributed by atoms with Crippen LogP contribution in [0.4, 0.5) is 18.9 Å². The minimum absolute atomic E-state index is 0.00413. The number of carbonyl (C=O) groups is 1. The second-order valence-corrected chi connectivity index (χ2v) is 11.0. The van der Waals surface area contributed by atoms with Crippen LogP contribution in [0.25, 0.3) is 22.2 Å². The Hall–Kier alpha value is -4.05. The predicted octanol–water partition coefficient (Wildman–Crippen LogP) is 6.62. The normalized spacial score (nSPS) is 13.9. The van der Waals surface area contributed by atoms with Crippen molar-refractivity contribution in [2.75, 3.05) is 25.6 Å². The molecule has 1 N–H and O–H groups in total. The molecule has 0 radical (unpaired) electrons. The molecule has 1 aliphatic heterocycles. The van der Waals surface area contributed by atoms with E-state index in [4.69, 9.17) is 19.2 Å². The quantitative estimate of drug-likeness (QED) is 0.264. The molecule has 2 aromatic carbocycles. The van der Waals surface area contributed by atoms with Crippen molar-refractivity contribution >= 4 is 22.7 Å². The van der Waals surface area contributed by atoms with E-state index in [1.165, 1.54) is 25.3 Å². The van der Waals surface area contributed by atoms with Crippen LogP contribution in [-0.4, -0.2) is 41.4 Å². The van der Waals surface area contributed by atoms with Crippen LogP contribution >= 0.6 is 0 Å². The van der Waals surface area contributed by atoms with E-state index < -0.39 is 35.1 Å². The van der Waals surface area contributed by atoms with Crippen LogP contribution in [0, 0.1) is 31.3 Å². The number of rotatable bonds is 6. The van der Waals surface area contributed by atoms with Gasteiger partial charge in [-0.3, -0.25) is 0 Å². The zero-order valence-corrected chi connectivity index (χ0v) is 23.8. The fraction of sp³-hybridized carbons (Fsp3) is 0.355. The average molecular weight is 568 g/mol. The van der Waals surface area contributed by atoms with E-state index in [-0.39, 0.29) is 17.9 Å². The summed E-state index contributed by atoms with van der Waals surface area (Å²) in [5.41, 5.74) is 2.97. The fourth-order valence-corrected chi connectivity index (χ4v) is 5.27. The van der Waals surface area contributed by atoms with Crippen LogP contribution < -0.4 is 10.1 Å². The van der Waals surface area contributed by atoms with Crippen LogP contribution in [0.15, 0.2) is 36.5 Å². The summed E-state index contributed by atoms with van der Waals surface area (Å²) in [6, 6.07) is 7.16. The number of hydrogen-bond donors (Lipinski definition) is 1. The third-order valence-corrected chi connectivity index (χ3v) is 7.07. The summed E-state index contributed by atoms with van der Waals surface area (Å²) < 4.78 is 62.8. The smallest absolute Gasteiger partial charge is 0.339 e. The first-order valence-electron chi connectivity index (χ1n) is 13.3. The Bertz CT molecular complexity index is 1660. The third kappa shape index (κ3) is 5.24. The lowest BCUT2D eigenvalue weighted by Crippen LogP contribution is -2.29. The molecule has 3 heterocycles. The highest BCUT2D eigenvalue weighted by molar-refractivity contribution is 6.00. The van der Waals surface area contributed by atoms with Crippen LogP contribution in [0.2, 0.25) is 0 Å². The highest BCUT2D eigenvalue weighted by Crippen LogP contribution is 2.46. The topological polar surface area (TPSA) is 74.6 Å². The first-order valence-corrected chi connectivity index (χ1v) is 13.3. The largest absolute Gasteiger partial charge is 0.486 e. The number of aromatic nitrogens is 2. The average Bonchev–Trinajstić information content (AvgIpc) is 3.32. The Morgan fingerprint density at radius 1 is 1.17 bits per heavy atom. The van der Waals surface area contributed by atoms with Gasteiger partial charge in [-0.25, -0.2) is 22.9 Å². The van der Waals surface area contributed by atoms with Crippen molar-refractivity contribution in [2.24, 2.45) is 0 Å². The van der Waals surface area contributed by atoms with E-state index in [2.05, 4.69) is 5.32 Å². The summed E-state index contributed by atoms with van der Waals surface area (Å²) in [6.07, 6.45) is 0.524. The Morgan fingerprint density at radius 2 is 1.93 bits per heavy atom. The van der Waals surface area contributed by atoms with Gasteiger partial charge in [0.05, 0.1) is 24.9 Å². The number of anilines is 1. The molecule has 10 heteroatoms. The zero-order valence-electron chi connectivity index (χ0n) is 23.8. The van der Waals surface area contributed by atoms with Crippen molar-refractivity contribution in [3.05, 3.63) is 76.4 Å². The molecule has 1 atom stereocenters. The minimum Gasteiger partial charge on any atom is -0.486 e. The van der Waals surface area contributed by atoms with E-state index >= 15 is 4.39 Å². The number of halogens is 3. The van der Waals surface area contributed by atoms with Crippen molar-refractivity contribution in [3.8, 4) is 16.9 Å². The second kappa shape index (κ2) is 10.7. The van der Waals surface area contributed by atoms with Gasteiger partial charge in [0.1, 0.15) is 12.3 Å². The highest BCUT2D eigenvalue weighted by Gasteiger charge is 2.35. The molecule has 216 valence electrons. The number of esters is 1. The first-order chi connectivity index (χ1) is 19.4. The first kappa shape index (κ1) is 28.5. The summed E-state index contributed by atoms with van der Waals surface area (Å²) in [5, 5.41) is 3.81. The van der Waals surface area contributed by atoms with E-state index in [0.717, 1.165) is 6.07 Å². The zero-order chi connectivity index (χ0) is 29.6. The van der Waals surface area contributed by atoms with Gasteiger partial charge >= 0.3 is 5.97 Å². The monoisotopic (exact) mass is 567 g/mol. The Kier molecular flexibility index (Phi) is 7.46. The number of nitrogens with zero attached hydrogens (tertiary/aromatic N) is 2. The van der Waals surface area contributed by atoms with E-state index in [0.29, 0.717) is 57.8 Å². The van der Waals surface area contributed by atoms with Crippen LogP contribution in [0.1, 0.15) is 49.3 Å². The van der Waals surface area contributed by atoms with E-state index in [1.807, 2.05) is 27.7 Å². The van der Waals surface area contributed by atoms with Gasteiger partial charge in [0.25, 0.3) is 0 Å². The van der Waals surface area contributed by atoms with Crippen LogP contribution in [0.3, 0.4) is 0 Å². The number of nitrogens with one attached hydrogen (secondary N) is 1. The SMILES string of the molecule is COC(=O)[C@@H](OC(C)(C)C)c1c(C)nc2c(ccn2Cc2cccc(F)c2F)c1-c1cc(F)c2c(c1C)NCCO2. The Labute approximate surface area is 236 Å². The van der Waals surface area contributed by atoms with Crippen molar-refractivity contribution < 1.29 is 32.2 Å². The lowest BCUT2D eigenvalue weighted by Gasteiger charge is -2.30. The predicted molar refractivity (Wildman–Crippen MR) is 150 cm³/mol. The molecule has 0 unspecified atom stereocenters. The van der Waals surface area contributed by atoms with E-state index in [1.54, 1.807) is 23.8 Å². The molecule has 0 fully saturated rings. The summed E-state index contributed by atoms with van der Waals surface area (Å²) in [5.74, 6) is -2.94. The molecular weight excluding hydrogens is 535 g/mol. The van der Waals surface area contributed by atoms with Crippen LogP contribution in [0.5, 0.6) is 5.75 Å². The number of pyridine rings is 1. The lowest BCUT2D eigenvalue weighted by molar-refractivity contribution is -0.164. The van der Waals surface area contributed by atoms with E-state index in [9.17, 15) is 13.6 Å². The van der Waals surface area contributed by atoms with Crippen molar-refractivity contribution in [1.82, 2.24) is 9.55 Å². The molecule has 0 saturated heterocycles. The number of fused-ring (bicyclic) bond motifs is 2. The van der Waals surface area contributed by atoms with Gasteiger partial charge < -0.3 is 24.1 Å². The summed E-state index contributed by atoms with van der Waals surface area (Å²) in [4.78, 5) is 18.0. The molecule has 4 aromatic rings. The second-order valence-electron chi connectivity index (χ2n) is 11.0. The third-order valence-electron chi connectivity index (χ3n) is 7.07. The van der Waals surface area contributed by atoms with Crippen LogP contribution in [-0.2, 0) is 20.8 Å². The molecule has 0 aliphatic carbocycles. The standard InChI is InChI=1S/C31H32F3N3O4/c1-16-20(14-22(33)27-26(16)35-11-13-40-27)24-19-10-12-37(15-18-8-7-9-21(32)25(18)34)29(19)36-17(2)23(24)28(30(38)39-6)41-31(3,4)5/h7-10,12,14,28,35H,11,13,15H2,1-6H3/t28-/m0/s1. The molecule has 2 aromatic heterocycles. The molecule has 0 bridgehead atoms. The van der Waals surface area contributed by atoms with Gasteiger partial charge in [-0.2, -0.15) is 0 Å². The number of benzene rings is 2. The number of ether oxygens (including phenoxy) is 3. The molecule has 7 nitrogen and oxygen atoms in total. The van der Waals surface area contributed by atoms with Gasteiger partial charge in [0.2, 0.25) is 0 Å². The number of aryl methyl sites for hydroxylation is 1. The number of carbonyl (C=O) groups excluding carboxylic acids is 1. The lowest BCUT2D eigenvalue weighted by atomic mass is 9.89. The minimum atomic E-state index is -1.18. The maximum Gasteiger partial charge on any atom is 0.339 e. The molecule has 0 amide bonds. The van der Waals surface area contributed by atoms with Gasteiger partial charge in [0, 0.05) is 40.5 Å². The fourth-order valence-electron chi connectivity index (χ4n) is 5.27. The summed E-state index contributed by atoms with van der Waals surface area (Å²) in [7, 11) is 1.28. The summed E-state index contributed by atoms with van der Waals surface area (Å²) >= 11 is 0. The number of methoxy groups -OCH3 is 1. The summed E-state index contributed by atoms with van der Waals surface area (Å²) in [6.45, 7) is 9.86. The van der Waals surface area contributed by atoms with Crippen molar-refractivity contribution in [2.45, 2.75) is 52.9 Å². The van der Waals surface area contributed by atoms with Gasteiger partial charge in [-0.1, -0.05) is 12.1 Å². The molecule has 0 saturated carbocycles. The Balaban J connectivity index is 1.82. The highest BCUT2D eigenvalue weighted by atomic mass is 19.2. The van der Waals surface area contributed by atoms with Gasteiger partial charge in [-0.15, -0.1) is 0 Å². The molecular formula is C31H32F3N3O4. The molecule has 0 spiro atoms. The van der Waals surface area contributed by atoms with Gasteiger partial charge in [-0.05, 0) is 63.9 Å². The maximum atomic E-state index is 15.5. The van der Waals surface area contributed by atoms with Crippen molar-refractivity contribution in [3.63, 3.8) is 0 Å². The Morgan fingerprint density at radius 3 is 2.63 bits per heavy atom. The number of hydrogen-bond acceptors (Lipinski definition) is 6. The molecule has 5 rings (SSSR count). The maximum absolute atomic E-state index is 15.5. The van der Waals surface area contributed by atoms with Crippen molar-refractivity contribution in [1.29, 1.82) is 0 Å².